The maximum Gasteiger partial charge on any atom is 0.0568 e. The summed E-state index contributed by atoms with van der Waals surface area (Å²) in [5, 5.41) is 10.6. The third-order valence-electron chi connectivity index (χ3n) is 12.6. The first kappa shape index (κ1) is 23.8. The lowest BCUT2D eigenvalue weighted by atomic mass is 9.39. The molecule has 31 heavy (non-hydrogen) atoms. The van der Waals surface area contributed by atoms with Gasteiger partial charge in [0.2, 0.25) is 0 Å². The molecular weight excluding hydrogens is 376 g/mol. The van der Waals surface area contributed by atoms with Crippen molar-refractivity contribution in [3.8, 4) is 0 Å². The predicted molar refractivity (Wildman–Crippen MR) is 133 cm³/mol. The Hall–Kier alpha value is -0.300. The monoisotopic (exact) mass is 428 g/mol. The van der Waals surface area contributed by atoms with Crippen molar-refractivity contribution in [1.29, 1.82) is 0 Å². The van der Waals surface area contributed by atoms with Gasteiger partial charge in [-0.3, -0.25) is 0 Å². The van der Waals surface area contributed by atoms with Crippen LogP contribution in [0, 0.1) is 51.8 Å². The van der Waals surface area contributed by atoms with E-state index in [0.29, 0.717) is 22.2 Å². The molecule has 178 valence electrons. The molecule has 0 aromatic rings. The quantitative estimate of drug-likeness (QED) is 0.445. The number of aliphatic hydroxyl groups is 1. The Labute approximate surface area is 193 Å². The van der Waals surface area contributed by atoms with E-state index in [1.54, 1.807) is 5.57 Å². The smallest absolute Gasteiger partial charge is 0.0568 e. The first-order chi connectivity index (χ1) is 14.5. The third-order valence-corrected chi connectivity index (χ3v) is 12.6. The second kappa shape index (κ2) is 8.18. The zero-order chi connectivity index (χ0) is 22.8. The summed E-state index contributed by atoms with van der Waals surface area (Å²) < 4.78 is 0. The van der Waals surface area contributed by atoms with Crippen LogP contribution in [0.15, 0.2) is 11.1 Å². The molecule has 0 heterocycles. The van der Waals surface area contributed by atoms with Crippen molar-refractivity contribution in [2.75, 3.05) is 0 Å². The molecule has 1 N–H and O–H groups in total. The molecule has 1 nitrogen and oxygen atoms in total. The van der Waals surface area contributed by atoms with Gasteiger partial charge >= 0.3 is 0 Å². The lowest BCUT2D eigenvalue weighted by Crippen LogP contribution is -2.59. The van der Waals surface area contributed by atoms with Crippen molar-refractivity contribution in [1.82, 2.24) is 0 Å². The van der Waals surface area contributed by atoms with Gasteiger partial charge in [-0.15, -0.1) is 0 Å². The molecule has 0 unspecified atom stereocenters. The van der Waals surface area contributed by atoms with E-state index in [0.717, 1.165) is 36.0 Å². The average Bonchev–Trinajstić information content (AvgIpc) is 3.00. The molecule has 4 fully saturated rings. The highest BCUT2D eigenvalue weighted by Gasteiger charge is 2.66. The maximum absolute atomic E-state index is 10.6. The van der Waals surface area contributed by atoms with Gasteiger partial charge in [-0.2, -0.15) is 0 Å². The molecule has 4 aliphatic rings. The van der Waals surface area contributed by atoms with Crippen molar-refractivity contribution in [2.45, 2.75) is 126 Å². The van der Waals surface area contributed by atoms with Crippen molar-refractivity contribution in [3.63, 3.8) is 0 Å². The first-order valence-electron chi connectivity index (χ1n) is 13.8. The van der Waals surface area contributed by atoms with Gasteiger partial charge in [0.05, 0.1) is 6.10 Å². The second-order valence-electron chi connectivity index (χ2n) is 13.7. The molecule has 0 saturated heterocycles. The van der Waals surface area contributed by atoms with Gasteiger partial charge < -0.3 is 5.11 Å². The number of rotatable bonds is 4. The lowest BCUT2D eigenvalue weighted by Gasteiger charge is -2.66. The minimum absolute atomic E-state index is 0.0555. The number of fused-ring (bicyclic) bond motifs is 5. The van der Waals surface area contributed by atoms with Crippen LogP contribution in [0.4, 0.5) is 0 Å². The third kappa shape index (κ3) is 3.50. The molecule has 0 aromatic carbocycles. The summed E-state index contributed by atoms with van der Waals surface area (Å²) in [6, 6.07) is 0. The summed E-state index contributed by atoms with van der Waals surface area (Å²) in [6.07, 6.45) is 13.5. The fourth-order valence-corrected chi connectivity index (χ4v) is 9.97. The Bertz CT molecular complexity index is 703. The maximum atomic E-state index is 10.6. The van der Waals surface area contributed by atoms with Crippen molar-refractivity contribution < 1.29 is 5.11 Å². The van der Waals surface area contributed by atoms with Crippen LogP contribution in [0.1, 0.15) is 120 Å². The van der Waals surface area contributed by atoms with Crippen LogP contribution in [0.25, 0.3) is 0 Å². The average molecular weight is 429 g/mol. The summed E-state index contributed by atoms with van der Waals surface area (Å²) in [7, 11) is 0. The fraction of sp³-hybridized carbons (Fsp3) is 0.933. The standard InChI is InChI=1S/C30H52O/c1-19(2)20(3)9-10-21(4)23-13-17-30(8)26-12-11-24-22(5)27(31)15-16-28(24,6)25(26)14-18-29(23,30)7/h21-27,31H,9-18H2,1-8H3/t21-,22+,23-,24+,25+,26-,27+,28+,29-,30+/m1/s1. The van der Waals surface area contributed by atoms with Gasteiger partial charge in [-0.25, -0.2) is 0 Å². The van der Waals surface area contributed by atoms with Gasteiger partial charge in [-0.05, 0) is 137 Å². The van der Waals surface area contributed by atoms with E-state index >= 15 is 0 Å². The van der Waals surface area contributed by atoms with E-state index in [1.807, 2.05) is 0 Å². The highest BCUT2D eigenvalue weighted by Crippen LogP contribution is 2.73. The molecule has 1 heteroatoms. The first-order valence-corrected chi connectivity index (χ1v) is 13.8. The molecule has 0 amide bonds. The summed E-state index contributed by atoms with van der Waals surface area (Å²) in [5.74, 6) is 4.78. The predicted octanol–water partition coefficient (Wildman–Crippen LogP) is 8.41. The van der Waals surface area contributed by atoms with Crippen LogP contribution < -0.4 is 0 Å². The number of hydrogen-bond donors (Lipinski definition) is 1. The highest BCUT2D eigenvalue weighted by atomic mass is 16.3. The largest absolute Gasteiger partial charge is 0.393 e. The number of hydrogen-bond acceptors (Lipinski definition) is 1. The van der Waals surface area contributed by atoms with Crippen LogP contribution in [0.5, 0.6) is 0 Å². The Morgan fingerprint density at radius 1 is 0.839 bits per heavy atom. The molecule has 4 rings (SSSR count). The molecule has 0 spiro atoms. The second-order valence-corrected chi connectivity index (χ2v) is 13.7. The molecule has 0 bridgehead atoms. The molecule has 0 aromatic heterocycles. The molecule has 4 saturated carbocycles. The van der Waals surface area contributed by atoms with Gasteiger partial charge in [0.25, 0.3) is 0 Å². The summed E-state index contributed by atoms with van der Waals surface area (Å²) in [6.45, 7) is 19.9. The topological polar surface area (TPSA) is 20.2 Å². The van der Waals surface area contributed by atoms with Crippen LogP contribution in [-0.2, 0) is 0 Å². The van der Waals surface area contributed by atoms with Crippen LogP contribution >= 0.6 is 0 Å². The zero-order valence-electron chi connectivity index (χ0n) is 22.1. The summed E-state index contributed by atoms with van der Waals surface area (Å²) >= 11 is 0. The van der Waals surface area contributed by atoms with E-state index in [2.05, 4.69) is 55.4 Å². The molecule has 0 aliphatic heterocycles. The Balaban J connectivity index is 1.55. The minimum atomic E-state index is -0.0555. The molecule has 10 atom stereocenters. The van der Waals surface area contributed by atoms with Gasteiger partial charge in [0.1, 0.15) is 0 Å². The molecule has 0 radical (unpaired) electrons. The van der Waals surface area contributed by atoms with Gasteiger partial charge in [-0.1, -0.05) is 45.8 Å². The fourth-order valence-electron chi connectivity index (χ4n) is 9.97. The van der Waals surface area contributed by atoms with Crippen molar-refractivity contribution in [2.24, 2.45) is 51.8 Å². The van der Waals surface area contributed by atoms with Gasteiger partial charge in [0.15, 0.2) is 0 Å². The number of allylic oxidation sites excluding steroid dienone is 2. The van der Waals surface area contributed by atoms with Crippen molar-refractivity contribution in [3.05, 3.63) is 11.1 Å². The molecular formula is C30H52O. The van der Waals surface area contributed by atoms with Gasteiger partial charge in [0, 0.05) is 0 Å². The van der Waals surface area contributed by atoms with E-state index in [-0.39, 0.29) is 6.10 Å². The minimum Gasteiger partial charge on any atom is -0.393 e. The number of aliphatic hydroxyl groups excluding tert-OH is 1. The Morgan fingerprint density at radius 3 is 2.16 bits per heavy atom. The summed E-state index contributed by atoms with van der Waals surface area (Å²) in [4.78, 5) is 0. The van der Waals surface area contributed by atoms with Crippen LogP contribution in [0.2, 0.25) is 0 Å². The Kier molecular flexibility index (Phi) is 6.29. The van der Waals surface area contributed by atoms with Crippen molar-refractivity contribution >= 4 is 0 Å². The lowest BCUT2D eigenvalue weighted by molar-refractivity contribution is -0.179. The van der Waals surface area contributed by atoms with E-state index in [4.69, 9.17) is 0 Å². The molecule has 4 aliphatic carbocycles. The Morgan fingerprint density at radius 2 is 1.48 bits per heavy atom. The van der Waals surface area contributed by atoms with E-state index < -0.39 is 0 Å². The zero-order valence-corrected chi connectivity index (χ0v) is 22.1. The SMILES string of the molecule is CC(C)=C(C)CC[C@@H](C)[C@H]1CC[C@@]2(C)[C@@H]3CC[C@H]4[C@H](C)[C@@H](O)CC[C@]4(C)[C@H]3CC[C@]12C. The van der Waals surface area contributed by atoms with E-state index in [9.17, 15) is 5.11 Å². The van der Waals surface area contributed by atoms with E-state index in [1.165, 1.54) is 63.4 Å². The van der Waals surface area contributed by atoms with Crippen LogP contribution in [0.3, 0.4) is 0 Å². The summed E-state index contributed by atoms with van der Waals surface area (Å²) in [5.41, 5.74) is 4.65. The van der Waals surface area contributed by atoms with Crippen LogP contribution in [-0.4, -0.2) is 11.2 Å². The normalized spacial score (nSPS) is 50.2. The highest BCUT2D eigenvalue weighted by molar-refractivity contribution is 5.15.